The molecule has 1 atom stereocenters. The van der Waals surface area contributed by atoms with Crippen LogP contribution in [0.3, 0.4) is 0 Å². The molecule has 1 unspecified atom stereocenters. The summed E-state index contributed by atoms with van der Waals surface area (Å²) in [6.45, 7) is 10.2. The minimum absolute atomic E-state index is 0.279. The quantitative estimate of drug-likeness (QED) is 0.877. The van der Waals surface area contributed by atoms with E-state index in [1.54, 1.807) is 0 Å². The van der Waals surface area contributed by atoms with Crippen molar-refractivity contribution in [3.05, 3.63) is 21.9 Å². The van der Waals surface area contributed by atoms with E-state index in [9.17, 15) is 0 Å². The Balaban J connectivity index is 1.97. The van der Waals surface area contributed by atoms with Crippen LogP contribution in [-0.4, -0.2) is 24.0 Å². The first-order valence-electron chi connectivity index (χ1n) is 6.52. The van der Waals surface area contributed by atoms with Gasteiger partial charge in [0.25, 0.3) is 0 Å². The zero-order chi connectivity index (χ0) is 12.5. The molecule has 2 heterocycles. The zero-order valence-corrected chi connectivity index (χ0v) is 12.0. The molecule has 1 saturated heterocycles. The van der Waals surface area contributed by atoms with Crippen molar-refractivity contribution in [2.75, 3.05) is 13.1 Å². The van der Waals surface area contributed by atoms with Crippen LogP contribution in [0.25, 0.3) is 0 Å². The predicted octanol–water partition coefficient (Wildman–Crippen LogP) is 2.97. The summed E-state index contributed by atoms with van der Waals surface area (Å²) in [5.74, 6) is 0. The highest BCUT2D eigenvalue weighted by atomic mass is 32.1. The van der Waals surface area contributed by atoms with E-state index in [0.717, 1.165) is 13.1 Å². The van der Waals surface area contributed by atoms with Crippen LogP contribution in [-0.2, 0) is 12.0 Å². The van der Waals surface area contributed by atoms with Crippen LogP contribution in [0.15, 0.2) is 12.1 Å². The van der Waals surface area contributed by atoms with Gasteiger partial charge in [-0.25, -0.2) is 0 Å². The summed E-state index contributed by atoms with van der Waals surface area (Å²) in [7, 11) is 0. The molecule has 0 spiro atoms. The Morgan fingerprint density at radius 2 is 2.18 bits per heavy atom. The van der Waals surface area contributed by atoms with Gasteiger partial charge in [-0.2, -0.15) is 0 Å². The number of thiophene rings is 1. The van der Waals surface area contributed by atoms with Gasteiger partial charge in [0.15, 0.2) is 0 Å². The van der Waals surface area contributed by atoms with Gasteiger partial charge in [0.05, 0.1) is 0 Å². The van der Waals surface area contributed by atoms with Crippen LogP contribution in [0.5, 0.6) is 0 Å². The van der Waals surface area contributed by atoms with Crippen molar-refractivity contribution in [2.45, 2.75) is 51.6 Å². The number of piperidine rings is 1. The smallest absolute Gasteiger partial charge is 0.0328 e. The molecule has 0 radical (unpaired) electrons. The van der Waals surface area contributed by atoms with Crippen LogP contribution in [0.1, 0.15) is 43.4 Å². The maximum absolute atomic E-state index is 6.01. The van der Waals surface area contributed by atoms with Gasteiger partial charge in [-0.05, 0) is 36.9 Å². The molecule has 0 saturated carbocycles. The largest absolute Gasteiger partial charge is 0.327 e. The number of hydrogen-bond donors (Lipinski definition) is 1. The summed E-state index contributed by atoms with van der Waals surface area (Å²) >= 11 is 1.95. The lowest BCUT2D eigenvalue weighted by Gasteiger charge is -2.30. The maximum atomic E-state index is 6.01. The monoisotopic (exact) mass is 252 g/mol. The van der Waals surface area contributed by atoms with Crippen molar-refractivity contribution in [3.8, 4) is 0 Å². The molecule has 0 aliphatic carbocycles. The van der Waals surface area contributed by atoms with Gasteiger partial charge in [-0.3, -0.25) is 4.90 Å². The summed E-state index contributed by atoms with van der Waals surface area (Å²) in [5, 5.41) is 0. The van der Waals surface area contributed by atoms with Gasteiger partial charge >= 0.3 is 0 Å². The fourth-order valence-corrected chi connectivity index (χ4v) is 3.43. The molecule has 1 aromatic heterocycles. The predicted molar refractivity (Wildman–Crippen MR) is 75.5 cm³/mol. The van der Waals surface area contributed by atoms with Crippen molar-refractivity contribution < 1.29 is 0 Å². The molecule has 96 valence electrons. The average Bonchev–Trinajstić information content (AvgIpc) is 2.65. The fourth-order valence-electron chi connectivity index (χ4n) is 2.32. The molecular formula is C14H24N2S. The maximum Gasteiger partial charge on any atom is 0.0328 e. The molecule has 1 aliphatic rings. The van der Waals surface area contributed by atoms with E-state index in [-0.39, 0.29) is 5.41 Å². The average molecular weight is 252 g/mol. The van der Waals surface area contributed by atoms with Crippen molar-refractivity contribution in [1.29, 1.82) is 0 Å². The van der Waals surface area contributed by atoms with Crippen molar-refractivity contribution >= 4 is 11.3 Å². The molecule has 17 heavy (non-hydrogen) atoms. The highest BCUT2D eigenvalue weighted by Crippen LogP contribution is 2.30. The fraction of sp³-hybridized carbons (Fsp3) is 0.714. The number of nitrogens with zero attached hydrogens (tertiary/aromatic N) is 1. The van der Waals surface area contributed by atoms with Gasteiger partial charge < -0.3 is 5.73 Å². The summed E-state index contributed by atoms with van der Waals surface area (Å²) in [5.41, 5.74) is 6.29. The summed E-state index contributed by atoms with van der Waals surface area (Å²) in [6.07, 6.45) is 2.44. The summed E-state index contributed by atoms with van der Waals surface area (Å²) in [6, 6.07) is 4.95. The van der Waals surface area contributed by atoms with Crippen LogP contribution in [0.4, 0.5) is 0 Å². The molecule has 0 aromatic carbocycles. The first-order valence-corrected chi connectivity index (χ1v) is 7.34. The van der Waals surface area contributed by atoms with Gasteiger partial charge in [0, 0.05) is 28.9 Å². The van der Waals surface area contributed by atoms with Gasteiger partial charge in [0.2, 0.25) is 0 Å². The molecular weight excluding hydrogens is 228 g/mol. The Hall–Kier alpha value is -0.380. The lowest BCUT2D eigenvalue weighted by Crippen LogP contribution is -2.42. The Labute approximate surface area is 109 Å². The lowest BCUT2D eigenvalue weighted by atomic mass is 9.95. The second-order valence-corrected chi connectivity index (χ2v) is 7.32. The molecule has 0 amide bonds. The van der Waals surface area contributed by atoms with Gasteiger partial charge in [-0.1, -0.05) is 20.8 Å². The van der Waals surface area contributed by atoms with E-state index >= 15 is 0 Å². The van der Waals surface area contributed by atoms with E-state index in [0.29, 0.717) is 6.04 Å². The van der Waals surface area contributed by atoms with Crippen molar-refractivity contribution in [2.24, 2.45) is 5.73 Å². The molecule has 2 nitrogen and oxygen atoms in total. The molecule has 3 heteroatoms. The number of likely N-dealkylation sites (tertiary alicyclic amines) is 1. The molecule has 0 bridgehead atoms. The normalized spacial score (nSPS) is 22.9. The molecule has 1 fully saturated rings. The van der Waals surface area contributed by atoms with Gasteiger partial charge in [-0.15, -0.1) is 11.3 Å². The summed E-state index contributed by atoms with van der Waals surface area (Å²) < 4.78 is 0. The van der Waals surface area contributed by atoms with Crippen LogP contribution >= 0.6 is 11.3 Å². The number of hydrogen-bond acceptors (Lipinski definition) is 3. The standard InChI is InChI=1S/C14H24N2S/c1-14(2,3)13-7-6-12(17-13)10-16-8-4-5-11(15)9-16/h6-7,11H,4-5,8-10,15H2,1-3H3. The SMILES string of the molecule is CC(C)(C)c1ccc(CN2CCCC(N)C2)s1. The van der Waals surface area contributed by atoms with Crippen molar-refractivity contribution in [1.82, 2.24) is 4.90 Å². The van der Waals surface area contributed by atoms with Crippen LogP contribution < -0.4 is 5.73 Å². The molecule has 2 rings (SSSR count). The minimum atomic E-state index is 0.279. The Morgan fingerprint density at radius 3 is 2.76 bits per heavy atom. The third kappa shape index (κ3) is 3.54. The third-order valence-electron chi connectivity index (χ3n) is 3.32. The first-order chi connectivity index (χ1) is 7.95. The number of rotatable bonds is 2. The first kappa shape index (κ1) is 13.1. The van der Waals surface area contributed by atoms with E-state index in [1.807, 2.05) is 11.3 Å². The molecule has 1 aromatic rings. The molecule has 1 aliphatic heterocycles. The summed E-state index contributed by atoms with van der Waals surface area (Å²) in [4.78, 5) is 5.45. The molecule has 2 N–H and O–H groups in total. The Morgan fingerprint density at radius 1 is 1.41 bits per heavy atom. The second kappa shape index (κ2) is 5.09. The topological polar surface area (TPSA) is 29.3 Å². The highest BCUT2D eigenvalue weighted by Gasteiger charge is 2.19. The van der Waals surface area contributed by atoms with Crippen LogP contribution in [0.2, 0.25) is 0 Å². The van der Waals surface area contributed by atoms with Crippen LogP contribution in [0, 0.1) is 0 Å². The highest BCUT2D eigenvalue weighted by molar-refractivity contribution is 7.12. The van der Waals surface area contributed by atoms with E-state index in [4.69, 9.17) is 5.73 Å². The second-order valence-electron chi connectivity index (χ2n) is 6.15. The van der Waals surface area contributed by atoms with E-state index in [1.165, 1.54) is 29.1 Å². The minimum Gasteiger partial charge on any atom is -0.327 e. The Bertz CT molecular complexity index is 365. The third-order valence-corrected chi connectivity index (χ3v) is 4.82. The zero-order valence-electron chi connectivity index (χ0n) is 11.2. The number of nitrogens with two attached hydrogens (primary N) is 1. The lowest BCUT2D eigenvalue weighted by molar-refractivity contribution is 0.203. The van der Waals surface area contributed by atoms with E-state index < -0.39 is 0 Å². The van der Waals surface area contributed by atoms with Crippen molar-refractivity contribution in [3.63, 3.8) is 0 Å². The van der Waals surface area contributed by atoms with E-state index in [2.05, 4.69) is 37.8 Å². The Kier molecular flexibility index (Phi) is 3.91. The van der Waals surface area contributed by atoms with Gasteiger partial charge in [0.1, 0.15) is 0 Å².